The second-order valence-electron chi connectivity index (χ2n) is 6.09. The molecule has 0 heterocycles. The molecular formula is C14H33N3. The van der Waals surface area contributed by atoms with E-state index < -0.39 is 0 Å². The van der Waals surface area contributed by atoms with E-state index in [1.54, 1.807) is 0 Å². The Bertz CT molecular complexity index is 192. The third kappa shape index (κ3) is 6.39. The zero-order chi connectivity index (χ0) is 13.5. The number of nitrogens with zero attached hydrogens (tertiary/aromatic N) is 2. The van der Waals surface area contributed by atoms with Gasteiger partial charge in [-0.3, -0.25) is 4.90 Å². The van der Waals surface area contributed by atoms with Gasteiger partial charge in [-0.1, -0.05) is 27.2 Å². The molecule has 0 aliphatic rings. The number of nitrogens with two attached hydrogens (primary N) is 1. The van der Waals surface area contributed by atoms with E-state index in [-0.39, 0.29) is 5.54 Å². The molecule has 0 aromatic carbocycles. The molecule has 1 atom stereocenters. The fourth-order valence-corrected chi connectivity index (χ4v) is 2.27. The summed E-state index contributed by atoms with van der Waals surface area (Å²) in [5.74, 6) is 0.694. The van der Waals surface area contributed by atoms with Gasteiger partial charge in [0.05, 0.1) is 0 Å². The van der Waals surface area contributed by atoms with E-state index >= 15 is 0 Å². The van der Waals surface area contributed by atoms with Gasteiger partial charge in [0.15, 0.2) is 0 Å². The first-order chi connectivity index (χ1) is 7.85. The Morgan fingerprint density at radius 2 is 1.76 bits per heavy atom. The second kappa shape index (κ2) is 8.06. The highest BCUT2D eigenvalue weighted by Crippen LogP contribution is 2.21. The van der Waals surface area contributed by atoms with E-state index in [1.165, 1.54) is 12.8 Å². The molecule has 104 valence electrons. The maximum absolute atomic E-state index is 6.02. The molecule has 0 saturated heterocycles. The lowest BCUT2D eigenvalue weighted by Crippen LogP contribution is -2.54. The minimum absolute atomic E-state index is 0.162. The lowest BCUT2D eigenvalue weighted by Gasteiger charge is -2.42. The van der Waals surface area contributed by atoms with Gasteiger partial charge < -0.3 is 10.6 Å². The number of hydrogen-bond donors (Lipinski definition) is 1. The van der Waals surface area contributed by atoms with Crippen molar-refractivity contribution in [3.05, 3.63) is 0 Å². The molecular weight excluding hydrogens is 210 g/mol. The summed E-state index contributed by atoms with van der Waals surface area (Å²) in [6, 6.07) is 0. The predicted molar refractivity (Wildman–Crippen MR) is 77.3 cm³/mol. The first kappa shape index (κ1) is 16.9. The Balaban J connectivity index is 4.61. The van der Waals surface area contributed by atoms with E-state index in [0.717, 1.165) is 26.2 Å². The van der Waals surface area contributed by atoms with E-state index in [4.69, 9.17) is 5.73 Å². The molecule has 0 radical (unpaired) electrons. The number of likely N-dealkylation sites (N-methyl/N-ethyl adjacent to an activating group) is 1. The number of rotatable bonds is 9. The van der Waals surface area contributed by atoms with Gasteiger partial charge in [-0.2, -0.15) is 0 Å². The average Bonchev–Trinajstić information content (AvgIpc) is 2.23. The van der Waals surface area contributed by atoms with Crippen molar-refractivity contribution in [2.75, 3.05) is 40.3 Å². The van der Waals surface area contributed by atoms with Crippen LogP contribution in [0.3, 0.4) is 0 Å². The van der Waals surface area contributed by atoms with Crippen molar-refractivity contribution in [2.24, 2.45) is 11.7 Å². The fourth-order valence-electron chi connectivity index (χ4n) is 2.27. The summed E-state index contributed by atoms with van der Waals surface area (Å²) in [5, 5.41) is 0. The van der Waals surface area contributed by atoms with Crippen molar-refractivity contribution >= 4 is 0 Å². The highest BCUT2D eigenvalue weighted by molar-refractivity contribution is 4.87. The summed E-state index contributed by atoms with van der Waals surface area (Å²) in [5.41, 5.74) is 6.18. The predicted octanol–water partition coefficient (Wildman–Crippen LogP) is 2.02. The van der Waals surface area contributed by atoms with Crippen LogP contribution >= 0.6 is 0 Å². The minimum atomic E-state index is 0.162. The molecule has 0 fully saturated rings. The van der Waals surface area contributed by atoms with Crippen LogP contribution < -0.4 is 5.73 Å². The fraction of sp³-hybridized carbons (Fsp3) is 1.00. The van der Waals surface area contributed by atoms with Gasteiger partial charge in [-0.15, -0.1) is 0 Å². The monoisotopic (exact) mass is 243 g/mol. The molecule has 0 amide bonds. The summed E-state index contributed by atoms with van der Waals surface area (Å²) in [6.45, 7) is 13.2. The Morgan fingerprint density at radius 1 is 1.18 bits per heavy atom. The van der Waals surface area contributed by atoms with Crippen LogP contribution in [-0.4, -0.2) is 55.6 Å². The molecule has 0 bridgehead atoms. The highest BCUT2D eigenvalue weighted by atomic mass is 15.2. The van der Waals surface area contributed by atoms with Gasteiger partial charge in [0, 0.05) is 31.7 Å². The molecule has 1 unspecified atom stereocenters. The standard InChI is InChI=1S/C14H33N3/c1-7-8-14(4,12-15)17(11-13(2)3)10-9-16(5)6/h13H,7-12,15H2,1-6H3. The van der Waals surface area contributed by atoms with Gasteiger partial charge in [-0.05, 0) is 33.4 Å². The molecule has 0 aliphatic heterocycles. The second-order valence-corrected chi connectivity index (χ2v) is 6.09. The summed E-state index contributed by atoms with van der Waals surface area (Å²) >= 11 is 0. The van der Waals surface area contributed by atoms with Crippen molar-refractivity contribution in [1.82, 2.24) is 9.80 Å². The van der Waals surface area contributed by atoms with Crippen molar-refractivity contribution in [2.45, 2.75) is 46.1 Å². The van der Waals surface area contributed by atoms with E-state index in [9.17, 15) is 0 Å². The van der Waals surface area contributed by atoms with Gasteiger partial charge in [0.2, 0.25) is 0 Å². The van der Waals surface area contributed by atoms with Crippen LogP contribution in [0.2, 0.25) is 0 Å². The van der Waals surface area contributed by atoms with Crippen molar-refractivity contribution < 1.29 is 0 Å². The first-order valence-corrected chi connectivity index (χ1v) is 6.95. The van der Waals surface area contributed by atoms with E-state index in [1.807, 2.05) is 0 Å². The zero-order valence-corrected chi connectivity index (χ0v) is 12.8. The summed E-state index contributed by atoms with van der Waals surface area (Å²) in [4.78, 5) is 4.83. The third-order valence-corrected chi connectivity index (χ3v) is 3.39. The van der Waals surface area contributed by atoms with Crippen LogP contribution in [0.5, 0.6) is 0 Å². The van der Waals surface area contributed by atoms with E-state index in [0.29, 0.717) is 5.92 Å². The van der Waals surface area contributed by atoms with Gasteiger partial charge in [0.25, 0.3) is 0 Å². The molecule has 3 heteroatoms. The molecule has 0 aliphatic carbocycles. The Labute approximate surface area is 108 Å². The van der Waals surface area contributed by atoms with Crippen molar-refractivity contribution in [1.29, 1.82) is 0 Å². The minimum Gasteiger partial charge on any atom is -0.329 e. The van der Waals surface area contributed by atoms with Gasteiger partial charge in [0.1, 0.15) is 0 Å². The van der Waals surface area contributed by atoms with Crippen LogP contribution in [-0.2, 0) is 0 Å². The number of hydrogen-bond acceptors (Lipinski definition) is 3. The summed E-state index contributed by atoms with van der Waals surface area (Å²) < 4.78 is 0. The molecule has 0 saturated carbocycles. The Hall–Kier alpha value is -0.120. The summed E-state index contributed by atoms with van der Waals surface area (Å²) in [7, 11) is 4.26. The Kier molecular flexibility index (Phi) is 8.01. The molecule has 3 nitrogen and oxygen atoms in total. The largest absolute Gasteiger partial charge is 0.329 e. The normalized spacial score (nSPS) is 15.9. The SMILES string of the molecule is CCCC(C)(CN)N(CCN(C)C)CC(C)C. The first-order valence-electron chi connectivity index (χ1n) is 6.95. The highest BCUT2D eigenvalue weighted by Gasteiger charge is 2.29. The van der Waals surface area contributed by atoms with Crippen molar-refractivity contribution in [3.8, 4) is 0 Å². The van der Waals surface area contributed by atoms with Crippen LogP contribution in [0.4, 0.5) is 0 Å². The topological polar surface area (TPSA) is 32.5 Å². The Morgan fingerprint density at radius 3 is 2.12 bits per heavy atom. The molecule has 0 aromatic heterocycles. The maximum Gasteiger partial charge on any atom is 0.0304 e. The lowest BCUT2D eigenvalue weighted by molar-refractivity contribution is 0.0791. The van der Waals surface area contributed by atoms with Gasteiger partial charge in [-0.25, -0.2) is 0 Å². The van der Waals surface area contributed by atoms with Gasteiger partial charge >= 0.3 is 0 Å². The quantitative estimate of drug-likeness (QED) is 0.672. The average molecular weight is 243 g/mol. The van der Waals surface area contributed by atoms with Crippen LogP contribution in [0, 0.1) is 5.92 Å². The lowest BCUT2D eigenvalue weighted by atomic mass is 9.92. The van der Waals surface area contributed by atoms with E-state index in [2.05, 4.69) is 51.6 Å². The molecule has 0 spiro atoms. The third-order valence-electron chi connectivity index (χ3n) is 3.39. The summed E-state index contributed by atoms with van der Waals surface area (Å²) in [6.07, 6.45) is 2.38. The maximum atomic E-state index is 6.02. The molecule has 0 rings (SSSR count). The van der Waals surface area contributed by atoms with Crippen LogP contribution in [0.15, 0.2) is 0 Å². The smallest absolute Gasteiger partial charge is 0.0304 e. The van der Waals surface area contributed by atoms with Crippen LogP contribution in [0.25, 0.3) is 0 Å². The molecule has 2 N–H and O–H groups in total. The van der Waals surface area contributed by atoms with Crippen molar-refractivity contribution in [3.63, 3.8) is 0 Å². The molecule has 0 aromatic rings. The molecule has 17 heavy (non-hydrogen) atoms. The zero-order valence-electron chi connectivity index (χ0n) is 12.8. The van der Waals surface area contributed by atoms with Crippen LogP contribution in [0.1, 0.15) is 40.5 Å².